The van der Waals surface area contributed by atoms with Crippen LogP contribution >= 0.6 is 12.4 Å². The number of carbonyl (C=O) groups is 1. The first kappa shape index (κ1) is 13.7. The van der Waals surface area contributed by atoms with Gasteiger partial charge >= 0.3 is 5.97 Å². The van der Waals surface area contributed by atoms with Crippen LogP contribution < -0.4 is 5.73 Å². The van der Waals surface area contributed by atoms with Crippen molar-refractivity contribution in [1.29, 1.82) is 0 Å². The highest BCUT2D eigenvalue weighted by molar-refractivity contribution is 5.85. The number of esters is 1. The molecule has 1 fully saturated rings. The number of ether oxygens (including phenoxy) is 1. The molecular weight excluding hydrogens is 202 g/mol. The average Bonchev–Trinajstić information content (AvgIpc) is 2.18. The molecule has 0 amide bonds. The molecule has 0 aliphatic heterocycles. The van der Waals surface area contributed by atoms with Crippen LogP contribution in [-0.2, 0) is 9.53 Å². The highest BCUT2D eigenvalue weighted by Crippen LogP contribution is 2.31. The number of methoxy groups -OCH3 is 1. The first-order chi connectivity index (χ1) is 6.09. The van der Waals surface area contributed by atoms with E-state index in [-0.39, 0.29) is 18.4 Å². The van der Waals surface area contributed by atoms with Crippen LogP contribution in [0.1, 0.15) is 39.0 Å². The summed E-state index contributed by atoms with van der Waals surface area (Å²) in [5.74, 6) is 0.0214. The number of nitrogens with two attached hydrogens (primary N) is 1. The van der Waals surface area contributed by atoms with E-state index in [2.05, 4.69) is 0 Å². The first-order valence-electron chi connectivity index (χ1n) is 4.96. The summed E-state index contributed by atoms with van der Waals surface area (Å²) < 4.78 is 4.70. The van der Waals surface area contributed by atoms with Crippen molar-refractivity contribution in [3.63, 3.8) is 0 Å². The molecule has 0 aromatic carbocycles. The number of hydrogen-bond acceptors (Lipinski definition) is 3. The first-order valence-corrected chi connectivity index (χ1v) is 4.96. The van der Waals surface area contributed by atoms with Gasteiger partial charge in [0.1, 0.15) is 5.54 Å². The van der Waals surface area contributed by atoms with Gasteiger partial charge in [-0.1, -0.05) is 19.3 Å². The summed E-state index contributed by atoms with van der Waals surface area (Å²) in [5, 5.41) is 0. The van der Waals surface area contributed by atoms with Gasteiger partial charge in [0.05, 0.1) is 7.11 Å². The number of carbonyl (C=O) groups excluding carboxylic acids is 1. The van der Waals surface area contributed by atoms with E-state index >= 15 is 0 Å². The summed E-state index contributed by atoms with van der Waals surface area (Å²) in [5.41, 5.74) is 5.19. The van der Waals surface area contributed by atoms with Crippen molar-refractivity contribution in [3.05, 3.63) is 0 Å². The van der Waals surface area contributed by atoms with E-state index in [0.29, 0.717) is 5.92 Å². The third-order valence-electron chi connectivity index (χ3n) is 3.08. The van der Waals surface area contributed by atoms with Gasteiger partial charge < -0.3 is 10.5 Å². The lowest BCUT2D eigenvalue weighted by Crippen LogP contribution is -2.52. The highest BCUT2D eigenvalue weighted by atomic mass is 35.5. The van der Waals surface area contributed by atoms with Gasteiger partial charge in [-0.25, -0.2) is 0 Å². The third kappa shape index (κ3) is 2.85. The lowest BCUT2D eigenvalue weighted by molar-refractivity contribution is -0.149. The third-order valence-corrected chi connectivity index (χ3v) is 3.08. The van der Waals surface area contributed by atoms with E-state index in [9.17, 15) is 4.79 Å². The second kappa shape index (κ2) is 5.56. The van der Waals surface area contributed by atoms with Crippen molar-refractivity contribution >= 4 is 18.4 Å². The quantitative estimate of drug-likeness (QED) is 0.725. The molecule has 0 radical (unpaired) electrons. The van der Waals surface area contributed by atoms with Crippen LogP contribution in [0, 0.1) is 5.92 Å². The van der Waals surface area contributed by atoms with Gasteiger partial charge in [0, 0.05) is 0 Å². The molecule has 0 spiro atoms. The molecular formula is C10H20ClNO2. The lowest BCUT2D eigenvalue weighted by Gasteiger charge is -2.34. The number of halogens is 1. The van der Waals surface area contributed by atoms with Crippen LogP contribution in [0.2, 0.25) is 0 Å². The molecule has 0 heterocycles. The molecule has 1 aliphatic rings. The van der Waals surface area contributed by atoms with Crippen molar-refractivity contribution in [3.8, 4) is 0 Å². The second-order valence-electron chi connectivity index (χ2n) is 4.11. The van der Waals surface area contributed by atoms with Crippen molar-refractivity contribution in [2.75, 3.05) is 7.11 Å². The smallest absolute Gasteiger partial charge is 0.325 e. The molecule has 4 heteroatoms. The molecule has 1 atom stereocenters. The molecule has 0 aromatic heterocycles. The minimum Gasteiger partial charge on any atom is -0.468 e. The van der Waals surface area contributed by atoms with Crippen LogP contribution in [0.3, 0.4) is 0 Å². The van der Waals surface area contributed by atoms with Gasteiger partial charge in [0.2, 0.25) is 0 Å². The fourth-order valence-electron chi connectivity index (χ4n) is 2.09. The predicted octanol–water partition coefficient (Wildman–Crippen LogP) is 1.88. The van der Waals surface area contributed by atoms with Crippen LogP contribution in [-0.4, -0.2) is 18.6 Å². The Labute approximate surface area is 91.8 Å². The Kier molecular flexibility index (Phi) is 5.45. The predicted molar refractivity (Wildman–Crippen MR) is 58.4 cm³/mol. The van der Waals surface area contributed by atoms with Crippen molar-refractivity contribution in [2.24, 2.45) is 11.7 Å². The van der Waals surface area contributed by atoms with Crippen molar-refractivity contribution in [1.82, 2.24) is 0 Å². The summed E-state index contributed by atoms with van der Waals surface area (Å²) >= 11 is 0. The maximum atomic E-state index is 11.4. The zero-order valence-corrected chi connectivity index (χ0v) is 9.73. The van der Waals surface area contributed by atoms with Gasteiger partial charge in [-0.15, -0.1) is 12.4 Å². The fraction of sp³-hybridized carbons (Fsp3) is 0.900. The SMILES string of the molecule is COC(=O)[C@@](C)(N)C1CCCCC1.Cl. The molecule has 3 nitrogen and oxygen atoms in total. The molecule has 0 unspecified atom stereocenters. The van der Waals surface area contributed by atoms with Gasteiger partial charge in [-0.2, -0.15) is 0 Å². The van der Waals surface area contributed by atoms with Crippen molar-refractivity contribution < 1.29 is 9.53 Å². The molecule has 14 heavy (non-hydrogen) atoms. The fourth-order valence-corrected chi connectivity index (χ4v) is 2.09. The van der Waals surface area contributed by atoms with Crippen LogP contribution in [0.15, 0.2) is 0 Å². The zero-order chi connectivity index (χ0) is 9.90. The van der Waals surface area contributed by atoms with E-state index in [1.807, 2.05) is 0 Å². The van der Waals surface area contributed by atoms with Crippen molar-refractivity contribution in [2.45, 2.75) is 44.6 Å². The van der Waals surface area contributed by atoms with Gasteiger partial charge in [-0.05, 0) is 25.7 Å². The monoisotopic (exact) mass is 221 g/mol. The van der Waals surface area contributed by atoms with Crippen LogP contribution in [0.25, 0.3) is 0 Å². The standard InChI is InChI=1S/C10H19NO2.ClH/c1-10(11,9(12)13-2)8-6-4-3-5-7-8;/h8H,3-7,11H2,1-2H3;1H/t10-;/m0./s1. The Hall–Kier alpha value is -0.280. The average molecular weight is 222 g/mol. The topological polar surface area (TPSA) is 52.3 Å². The minimum atomic E-state index is -0.783. The Bertz CT molecular complexity index is 189. The Morgan fingerprint density at radius 3 is 2.29 bits per heavy atom. The van der Waals surface area contributed by atoms with E-state index in [1.165, 1.54) is 26.4 Å². The van der Waals surface area contributed by atoms with E-state index in [4.69, 9.17) is 10.5 Å². The molecule has 0 saturated heterocycles. The molecule has 1 aliphatic carbocycles. The summed E-state index contributed by atoms with van der Waals surface area (Å²) in [6.07, 6.45) is 5.76. The maximum Gasteiger partial charge on any atom is 0.325 e. The van der Waals surface area contributed by atoms with E-state index in [0.717, 1.165) is 12.8 Å². The van der Waals surface area contributed by atoms with Gasteiger partial charge in [0.15, 0.2) is 0 Å². The largest absolute Gasteiger partial charge is 0.468 e. The summed E-state index contributed by atoms with van der Waals surface area (Å²) in [6.45, 7) is 1.79. The zero-order valence-electron chi connectivity index (χ0n) is 8.91. The molecule has 1 saturated carbocycles. The molecule has 84 valence electrons. The summed E-state index contributed by atoms with van der Waals surface area (Å²) in [7, 11) is 1.40. The lowest BCUT2D eigenvalue weighted by atomic mass is 9.76. The minimum absolute atomic E-state index is 0. The Balaban J connectivity index is 0.00000169. The van der Waals surface area contributed by atoms with Crippen LogP contribution in [0.4, 0.5) is 0 Å². The van der Waals surface area contributed by atoms with Gasteiger partial charge in [0.25, 0.3) is 0 Å². The number of rotatable bonds is 2. The van der Waals surface area contributed by atoms with Gasteiger partial charge in [-0.3, -0.25) is 4.79 Å². The summed E-state index contributed by atoms with van der Waals surface area (Å²) in [6, 6.07) is 0. The Morgan fingerprint density at radius 1 is 1.36 bits per heavy atom. The normalized spacial score (nSPS) is 21.9. The van der Waals surface area contributed by atoms with Crippen LogP contribution in [0.5, 0.6) is 0 Å². The second-order valence-corrected chi connectivity index (χ2v) is 4.11. The molecule has 0 aromatic rings. The maximum absolute atomic E-state index is 11.4. The molecule has 1 rings (SSSR count). The molecule has 0 bridgehead atoms. The Morgan fingerprint density at radius 2 is 1.86 bits per heavy atom. The van der Waals surface area contributed by atoms with E-state index < -0.39 is 5.54 Å². The van der Waals surface area contributed by atoms with E-state index in [1.54, 1.807) is 6.92 Å². The summed E-state index contributed by atoms with van der Waals surface area (Å²) in [4.78, 5) is 11.4. The molecule has 2 N–H and O–H groups in total. The highest BCUT2D eigenvalue weighted by Gasteiger charge is 2.38. The number of hydrogen-bond donors (Lipinski definition) is 1.